The Balaban J connectivity index is 2.30. The molecule has 5 heteroatoms. The van der Waals surface area contributed by atoms with Gasteiger partial charge in [-0.1, -0.05) is 28.9 Å². The van der Waals surface area contributed by atoms with Crippen molar-refractivity contribution in [1.82, 2.24) is 5.32 Å². The summed E-state index contributed by atoms with van der Waals surface area (Å²) in [5.74, 6) is -2.10. The van der Waals surface area contributed by atoms with Crippen molar-refractivity contribution in [2.75, 3.05) is 6.54 Å². The summed E-state index contributed by atoms with van der Waals surface area (Å²) >= 11 is 3.32. The molecule has 2 rings (SSSR count). The predicted molar refractivity (Wildman–Crippen MR) is 80.6 cm³/mol. The van der Waals surface area contributed by atoms with E-state index in [-0.39, 0.29) is 11.9 Å². The van der Waals surface area contributed by atoms with Crippen molar-refractivity contribution in [3.63, 3.8) is 0 Å². The Morgan fingerprint density at radius 1 is 1.00 bits per heavy atom. The van der Waals surface area contributed by atoms with Crippen molar-refractivity contribution >= 4 is 15.9 Å². The van der Waals surface area contributed by atoms with E-state index in [1.807, 2.05) is 6.92 Å². The third-order valence-corrected chi connectivity index (χ3v) is 3.70. The summed E-state index contributed by atoms with van der Waals surface area (Å²) < 4.78 is 41.0. The van der Waals surface area contributed by atoms with Crippen LogP contribution >= 0.6 is 15.9 Å². The molecule has 21 heavy (non-hydrogen) atoms. The summed E-state index contributed by atoms with van der Waals surface area (Å²) in [6.07, 6.45) is 0.373. The largest absolute Gasteiger partial charge is 0.310 e. The Morgan fingerprint density at radius 2 is 1.71 bits per heavy atom. The molecule has 2 aromatic rings. The monoisotopic (exact) mass is 357 g/mol. The molecule has 1 unspecified atom stereocenters. The summed E-state index contributed by atoms with van der Waals surface area (Å²) in [4.78, 5) is 0. The minimum Gasteiger partial charge on any atom is -0.310 e. The molecule has 0 saturated heterocycles. The summed E-state index contributed by atoms with van der Waals surface area (Å²) in [5, 5.41) is 3.17. The number of halogens is 4. The number of hydrogen-bond donors (Lipinski definition) is 1. The van der Waals surface area contributed by atoms with E-state index in [1.165, 1.54) is 12.1 Å². The fraction of sp³-hybridized carbons (Fsp3) is 0.250. The molecule has 0 aromatic heterocycles. The van der Waals surface area contributed by atoms with Gasteiger partial charge in [-0.2, -0.15) is 0 Å². The highest BCUT2D eigenvalue weighted by atomic mass is 79.9. The van der Waals surface area contributed by atoms with Crippen LogP contribution < -0.4 is 5.32 Å². The first-order valence-electron chi connectivity index (χ1n) is 6.63. The standard InChI is InChI=1S/C16H15BrF3N/c1-2-21-16(12-9-11(17)4-6-13(12)18)8-10-3-5-14(19)15(20)7-10/h3-7,9,16,21H,2,8H2,1H3. The van der Waals surface area contributed by atoms with Crippen molar-refractivity contribution in [2.24, 2.45) is 0 Å². The Morgan fingerprint density at radius 3 is 2.38 bits per heavy atom. The van der Waals surface area contributed by atoms with Crippen LogP contribution in [0.4, 0.5) is 13.2 Å². The number of benzene rings is 2. The second-order valence-electron chi connectivity index (χ2n) is 4.73. The first kappa shape index (κ1) is 16.0. The third kappa shape index (κ3) is 4.08. The van der Waals surface area contributed by atoms with Crippen molar-refractivity contribution in [3.05, 3.63) is 69.4 Å². The van der Waals surface area contributed by atoms with Crippen LogP contribution in [0.15, 0.2) is 40.9 Å². The highest BCUT2D eigenvalue weighted by Gasteiger charge is 2.16. The van der Waals surface area contributed by atoms with Crippen molar-refractivity contribution in [1.29, 1.82) is 0 Å². The molecule has 1 N–H and O–H groups in total. The highest BCUT2D eigenvalue weighted by Crippen LogP contribution is 2.25. The van der Waals surface area contributed by atoms with Gasteiger partial charge in [0.1, 0.15) is 5.82 Å². The van der Waals surface area contributed by atoms with Gasteiger partial charge in [0.2, 0.25) is 0 Å². The summed E-state index contributed by atoms with van der Waals surface area (Å²) in [6, 6.07) is 8.15. The second kappa shape index (κ2) is 7.09. The molecule has 0 fully saturated rings. The normalized spacial score (nSPS) is 12.4. The average molecular weight is 358 g/mol. The van der Waals surface area contributed by atoms with Gasteiger partial charge in [-0.15, -0.1) is 0 Å². The summed E-state index contributed by atoms with van der Waals surface area (Å²) in [7, 11) is 0. The average Bonchev–Trinajstić information content (AvgIpc) is 2.45. The van der Waals surface area contributed by atoms with E-state index in [0.717, 1.165) is 16.6 Å². The van der Waals surface area contributed by atoms with Gasteiger partial charge >= 0.3 is 0 Å². The van der Waals surface area contributed by atoms with Gasteiger partial charge in [0.25, 0.3) is 0 Å². The molecular formula is C16H15BrF3N. The van der Waals surface area contributed by atoms with Gasteiger partial charge in [0.05, 0.1) is 0 Å². The van der Waals surface area contributed by atoms with Gasteiger partial charge in [-0.25, -0.2) is 13.2 Å². The van der Waals surface area contributed by atoms with Gasteiger partial charge < -0.3 is 5.32 Å². The number of hydrogen-bond acceptors (Lipinski definition) is 1. The molecule has 0 saturated carbocycles. The molecule has 0 aliphatic rings. The molecule has 0 heterocycles. The molecule has 0 aliphatic carbocycles. The molecule has 0 spiro atoms. The predicted octanol–water partition coefficient (Wildman–Crippen LogP) is 4.76. The summed E-state index contributed by atoms with van der Waals surface area (Å²) in [5.41, 5.74) is 1.11. The Labute approximate surface area is 130 Å². The van der Waals surface area contributed by atoms with Crippen LogP contribution in [-0.4, -0.2) is 6.54 Å². The minimum atomic E-state index is -0.891. The zero-order valence-corrected chi connectivity index (χ0v) is 13.1. The van der Waals surface area contributed by atoms with Crippen LogP contribution in [0.25, 0.3) is 0 Å². The molecule has 0 radical (unpaired) electrons. The molecule has 0 aliphatic heterocycles. The lowest BCUT2D eigenvalue weighted by molar-refractivity contribution is 0.495. The fourth-order valence-corrected chi connectivity index (χ4v) is 2.60. The van der Waals surface area contributed by atoms with E-state index >= 15 is 0 Å². The number of likely N-dealkylation sites (N-methyl/N-ethyl adjacent to an activating group) is 1. The highest BCUT2D eigenvalue weighted by molar-refractivity contribution is 9.10. The van der Waals surface area contributed by atoms with Crippen LogP contribution in [0.3, 0.4) is 0 Å². The smallest absolute Gasteiger partial charge is 0.159 e. The second-order valence-corrected chi connectivity index (χ2v) is 5.64. The van der Waals surface area contributed by atoms with Crippen LogP contribution in [0.1, 0.15) is 24.1 Å². The van der Waals surface area contributed by atoms with E-state index in [1.54, 1.807) is 12.1 Å². The molecule has 0 amide bonds. The number of rotatable bonds is 5. The van der Waals surface area contributed by atoms with Crippen LogP contribution in [-0.2, 0) is 6.42 Å². The fourth-order valence-electron chi connectivity index (χ4n) is 2.22. The quantitative estimate of drug-likeness (QED) is 0.813. The van der Waals surface area contributed by atoms with Crippen molar-refractivity contribution in [3.8, 4) is 0 Å². The van der Waals surface area contributed by atoms with Crippen molar-refractivity contribution < 1.29 is 13.2 Å². The van der Waals surface area contributed by atoms with Crippen molar-refractivity contribution in [2.45, 2.75) is 19.4 Å². The van der Waals surface area contributed by atoms with E-state index < -0.39 is 11.6 Å². The number of nitrogens with one attached hydrogen (secondary N) is 1. The van der Waals surface area contributed by atoms with Gasteiger partial charge in [0, 0.05) is 16.1 Å². The summed E-state index contributed by atoms with van der Waals surface area (Å²) in [6.45, 7) is 2.55. The lowest BCUT2D eigenvalue weighted by Gasteiger charge is -2.19. The SMILES string of the molecule is CCNC(Cc1ccc(F)c(F)c1)c1cc(Br)ccc1F. The molecule has 2 aromatic carbocycles. The van der Waals surface area contributed by atoms with E-state index in [9.17, 15) is 13.2 Å². The molecule has 112 valence electrons. The van der Waals surface area contributed by atoms with Gasteiger partial charge in [0.15, 0.2) is 11.6 Å². The minimum absolute atomic E-state index is 0.308. The maximum Gasteiger partial charge on any atom is 0.159 e. The molecule has 1 nitrogen and oxygen atoms in total. The maximum absolute atomic E-state index is 14.0. The molecule has 1 atom stereocenters. The first-order chi connectivity index (χ1) is 10.0. The molecule has 0 bridgehead atoms. The topological polar surface area (TPSA) is 12.0 Å². The van der Waals surface area contributed by atoms with E-state index in [4.69, 9.17) is 0 Å². The lowest BCUT2D eigenvalue weighted by atomic mass is 9.98. The Bertz CT molecular complexity index is 631. The molecular weight excluding hydrogens is 343 g/mol. The van der Waals surface area contributed by atoms with Crippen LogP contribution in [0, 0.1) is 17.5 Å². The third-order valence-electron chi connectivity index (χ3n) is 3.21. The maximum atomic E-state index is 14.0. The lowest BCUT2D eigenvalue weighted by Crippen LogP contribution is -2.24. The van der Waals surface area contributed by atoms with E-state index in [2.05, 4.69) is 21.2 Å². The zero-order chi connectivity index (χ0) is 15.4. The first-order valence-corrected chi connectivity index (χ1v) is 7.42. The Hall–Kier alpha value is -1.33. The Kier molecular flexibility index (Phi) is 5.42. The zero-order valence-electron chi connectivity index (χ0n) is 11.5. The van der Waals surface area contributed by atoms with E-state index in [0.29, 0.717) is 24.1 Å². The van der Waals surface area contributed by atoms with Gasteiger partial charge in [-0.3, -0.25) is 0 Å². The van der Waals surface area contributed by atoms with Crippen LogP contribution in [0.2, 0.25) is 0 Å². The van der Waals surface area contributed by atoms with Gasteiger partial charge in [-0.05, 0) is 48.9 Å². The van der Waals surface area contributed by atoms with Crippen LogP contribution in [0.5, 0.6) is 0 Å².